The van der Waals surface area contributed by atoms with Gasteiger partial charge in [-0.2, -0.15) is 9.94 Å². The summed E-state index contributed by atoms with van der Waals surface area (Å²) >= 11 is 0. The number of nitrogens with one attached hydrogen (secondary N) is 2. The number of Topliss-reactive ketones (excluding diaryl/α,β-unsaturated/α-hetero) is 1. The van der Waals surface area contributed by atoms with Crippen LogP contribution in [0.4, 0.5) is 0 Å². The number of fused-ring (bicyclic) bond motifs is 1. The Kier molecular flexibility index (Phi) is 17.3. The van der Waals surface area contributed by atoms with E-state index < -0.39 is 23.7 Å². The molecule has 3 N–H and O–H groups in total. The predicted molar refractivity (Wildman–Crippen MR) is 228 cm³/mol. The molecule has 6 rings (SSSR count). The van der Waals surface area contributed by atoms with Crippen molar-refractivity contribution in [3.05, 3.63) is 71.6 Å². The van der Waals surface area contributed by atoms with E-state index in [9.17, 15) is 29.5 Å². The van der Waals surface area contributed by atoms with E-state index >= 15 is 0 Å². The molecule has 0 unspecified atom stereocenters. The van der Waals surface area contributed by atoms with Crippen molar-refractivity contribution in [1.82, 2.24) is 39.8 Å². The maximum absolute atomic E-state index is 13.8. The molecule has 1 aromatic carbocycles. The Labute approximate surface area is 365 Å². The number of H-pyrrole nitrogens is 1. The van der Waals surface area contributed by atoms with E-state index in [1.54, 1.807) is 4.90 Å². The number of aliphatic hydroxyl groups is 1. The van der Waals surface area contributed by atoms with Crippen LogP contribution in [0.5, 0.6) is 5.75 Å². The number of hydrogen-bond acceptors (Lipinski definition) is 14. The number of ketones is 1. The number of rotatable bonds is 24. The molecule has 0 radical (unpaired) electrons. The first kappa shape index (κ1) is 46.5. The number of carbonyl (C=O) groups excluding carboxylic acids is 4. The predicted octanol–water partition coefficient (Wildman–Crippen LogP) is 2.74. The lowest BCUT2D eigenvalue weighted by molar-refractivity contribution is -0.143. The highest BCUT2D eigenvalue weighted by Crippen LogP contribution is 2.33. The summed E-state index contributed by atoms with van der Waals surface area (Å²) in [5, 5.41) is 27.1. The zero-order chi connectivity index (χ0) is 44.6. The molecule has 19 nitrogen and oxygen atoms in total. The molecule has 1 aliphatic heterocycles. The Balaban J connectivity index is 1.00. The van der Waals surface area contributed by atoms with Gasteiger partial charge in [-0.25, -0.2) is 9.97 Å². The van der Waals surface area contributed by atoms with E-state index in [0.29, 0.717) is 115 Å². The molecule has 2 aliphatic rings. The average molecular weight is 870 g/mol. The number of piperidine rings is 1. The third-order valence-corrected chi connectivity index (χ3v) is 10.9. The molecule has 0 bridgehead atoms. The van der Waals surface area contributed by atoms with Crippen molar-refractivity contribution >= 4 is 40.0 Å². The van der Waals surface area contributed by atoms with E-state index in [1.165, 1.54) is 35.4 Å². The quantitative estimate of drug-likeness (QED) is 0.0398. The Morgan fingerprint density at radius 3 is 2.29 bits per heavy atom. The van der Waals surface area contributed by atoms with Crippen molar-refractivity contribution in [1.29, 1.82) is 5.26 Å². The second kappa shape index (κ2) is 23.4. The van der Waals surface area contributed by atoms with Crippen LogP contribution in [-0.2, 0) is 28.5 Å². The molecule has 4 heterocycles. The van der Waals surface area contributed by atoms with Gasteiger partial charge < -0.3 is 48.9 Å². The molecule has 2 fully saturated rings. The molecule has 336 valence electrons. The number of likely N-dealkylation sites (tertiary alicyclic amines) is 1. The molecule has 3 amide bonds. The van der Waals surface area contributed by atoms with Crippen LogP contribution in [0.1, 0.15) is 65.6 Å². The summed E-state index contributed by atoms with van der Waals surface area (Å²) in [6, 6.07) is 11.7. The minimum Gasteiger partial charge on any atom is -0.494 e. The molecular weight excluding hydrogens is 815 g/mol. The van der Waals surface area contributed by atoms with Gasteiger partial charge in [-0.1, -0.05) is 30.3 Å². The lowest BCUT2D eigenvalue weighted by Gasteiger charge is -2.35. The van der Waals surface area contributed by atoms with E-state index in [-0.39, 0.29) is 54.4 Å². The largest absolute Gasteiger partial charge is 0.494 e. The van der Waals surface area contributed by atoms with Crippen LogP contribution >= 0.6 is 0 Å². The van der Waals surface area contributed by atoms with Crippen molar-refractivity contribution in [2.45, 2.75) is 45.1 Å². The van der Waals surface area contributed by atoms with Gasteiger partial charge in [0.1, 0.15) is 12.1 Å². The van der Waals surface area contributed by atoms with Gasteiger partial charge in [0, 0.05) is 51.4 Å². The maximum Gasteiger partial charge on any atom is 0.295 e. The molecule has 1 saturated heterocycles. The minimum atomic E-state index is -0.735. The molecule has 0 spiro atoms. The molecule has 4 aromatic rings. The summed E-state index contributed by atoms with van der Waals surface area (Å²) in [7, 11) is 1.43. The topological polar surface area (TPSA) is 236 Å². The molecule has 63 heavy (non-hydrogen) atoms. The Bertz CT molecular complexity index is 2240. The summed E-state index contributed by atoms with van der Waals surface area (Å²) in [5.74, 6) is -1.92. The number of aliphatic hydroxyl groups excluding tert-OH is 1. The number of hydrogen-bond donors (Lipinski definition) is 3. The molecule has 1 aliphatic carbocycles. The van der Waals surface area contributed by atoms with Crippen LogP contribution in [0, 0.1) is 17.2 Å². The smallest absolute Gasteiger partial charge is 0.295 e. The maximum atomic E-state index is 13.8. The first-order valence-corrected chi connectivity index (χ1v) is 21.3. The first-order valence-electron chi connectivity index (χ1n) is 21.3. The minimum absolute atomic E-state index is 0.0555. The fourth-order valence-corrected chi connectivity index (χ4v) is 7.43. The normalized spacial score (nSPS) is 16.0. The van der Waals surface area contributed by atoms with Gasteiger partial charge in [-0.05, 0) is 50.2 Å². The number of amides is 3. The van der Waals surface area contributed by atoms with E-state index in [0.717, 1.165) is 11.1 Å². The molecule has 3 aromatic heterocycles. The van der Waals surface area contributed by atoms with E-state index in [2.05, 4.69) is 31.4 Å². The number of allylic oxidation sites excluding steroid dienone is 1. The number of carbonyl (C=O) groups is 4. The van der Waals surface area contributed by atoms with Crippen LogP contribution in [0.2, 0.25) is 0 Å². The summed E-state index contributed by atoms with van der Waals surface area (Å²) in [6.07, 6.45) is 5.90. The Morgan fingerprint density at radius 2 is 1.63 bits per heavy atom. The van der Waals surface area contributed by atoms with Crippen LogP contribution in [-0.4, -0.2) is 162 Å². The third kappa shape index (κ3) is 12.1. The van der Waals surface area contributed by atoms with Gasteiger partial charge in [0.15, 0.2) is 5.82 Å². The Hall–Kier alpha value is -6.04. The number of benzene rings is 1. The lowest BCUT2D eigenvalue weighted by Crippen LogP contribution is -2.45. The first-order chi connectivity index (χ1) is 30.7. The molecular formula is C44H55N9O10. The van der Waals surface area contributed by atoms with Crippen molar-refractivity contribution in [3.8, 4) is 17.6 Å². The standard InChI is InChI=1S/C44H55N9O10/c1-3-60-18-19-62-22-23-63-21-20-61-17-16-51(43(57)32-24-33(54)25-32)13-7-12-46-42(56)40-49-29-53(50-40)41-38-37(36(59-2)28-48-41)35(27-47-38)39(55)44(58)52-14-10-31(11-15-52)34(26-45)30-8-5-4-6-9-30/h4-6,8-9,27-29,32-33,47,54H,3,7,10-25H2,1-2H3,(H,46,56). The van der Waals surface area contributed by atoms with Crippen LogP contribution in [0.25, 0.3) is 22.3 Å². The van der Waals surface area contributed by atoms with E-state index in [1.807, 2.05) is 37.3 Å². The second-order valence-corrected chi connectivity index (χ2v) is 15.0. The van der Waals surface area contributed by atoms with Crippen LogP contribution in [0.3, 0.4) is 0 Å². The highest BCUT2D eigenvalue weighted by Gasteiger charge is 2.36. The number of pyridine rings is 1. The van der Waals surface area contributed by atoms with Gasteiger partial charge in [-0.15, -0.1) is 5.10 Å². The highest BCUT2D eigenvalue weighted by molar-refractivity contribution is 6.45. The van der Waals surface area contributed by atoms with Crippen molar-refractivity contribution in [2.24, 2.45) is 5.92 Å². The molecule has 1 saturated carbocycles. The van der Waals surface area contributed by atoms with Gasteiger partial charge in [-0.3, -0.25) is 19.2 Å². The number of nitrogens with zero attached hydrogens (tertiary/aromatic N) is 7. The summed E-state index contributed by atoms with van der Waals surface area (Å²) in [6.45, 7) is 7.13. The van der Waals surface area contributed by atoms with E-state index in [4.69, 9.17) is 23.7 Å². The van der Waals surface area contributed by atoms with Gasteiger partial charge >= 0.3 is 0 Å². The monoisotopic (exact) mass is 869 g/mol. The molecule has 0 atom stereocenters. The number of methoxy groups -OCH3 is 1. The zero-order valence-electron chi connectivity index (χ0n) is 35.8. The fraction of sp³-hybridized carbons (Fsp3) is 0.500. The van der Waals surface area contributed by atoms with Gasteiger partial charge in [0.2, 0.25) is 11.7 Å². The van der Waals surface area contributed by atoms with Crippen LogP contribution < -0.4 is 10.1 Å². The average Bonchev–Trinajstić information content (AvgIpc) is 3.98. The number of ether oxygens (including phenoxy) is 5. The van der Waals surface area contributed by atoms with Crippen LogP contribution in [0.15, 0.2) is 54.6 Å². The van der Waals surface area contributed by atoms with Crippen molar-refractivity contribution in [3.63, 3.8) is 0 Å². The second-order valence-electron chi connectivity index (χ2n) is 15.0. The van der Waals surface area contributed by atoms with Crippen molar-refractivity contribution in [2.75, 3.05) is 92.7 Å². The summed E-state index contributed by atoms with van der Waals surface area (Å²) in [4.78, 5) is 68.5. The third-order valence-electron chi connectivity index (χ3n) is 10.9. The molecule has 19 heteroatoms. The summed E-state index contributed by atoms with van der Waals surface area (Å²) < 4.78 is 28.7. The van der Waals surface area contributed by atoms with Gasteiger partial charge in [0.05, 0.1) is 93.8 Å². The summed E-state index contributed by atoms with van der Waals surface area (Å²) in [5.41, 5.74) is 2.78. The van der Waals surface area contributed by atoms with Gasteiger partial charge in [0.25, 0.3) is 17.6 Å². The zero-order valence-corrected chi connectivity index (χ0v) is 35.8. The number of nitriles is 1. The fourth-order valence-electron chi connectivity index (χ4n) is 7.43. The number of aromatic nitrogens is 5. The highest BCUT2D eigenvalue weighted by atomic mass is 16.6. The number of aromatic amines is 1. The van der Waals surface area contributed by atoms with Crippen molar-refractivity contribution < 1.29 is 48.0 Å². The SMILES string of the molecule is CCOCCOCCOCCOCCN(CCCNC(=O)c1ncn(-c2ncc(OC)c3c(C(=O)C(=O)N4CCC(=C(C#N)c5ccccc5)CC4)c[nH]c23)n1)C(=O)C1CC(O)C1. The lowest BCUT2D eigenvalue weighted by atomic mass is 9.81. The Morgan fingerprint density at radius 1 is 0.952 bits per heavy atom.